The van der Waals surface area contributed by atoms with E-state index in [1.807, 2.05) is 43.3 Å². The van der Waals surface area contributed by atoms with Gasteiger partial charge in [-0.05, 0) is 43.2 Å². The van der Waals surface area contributed by atoms with Crippen molar-refractivity contribution in [1.82, 2.24) is 5.43 Å². The Morgan fingerprint density at radius 1 is 1.20 bits per heavy atom. The molecular weight excluding hydrogens is 316 g/mol. The van der Waals surface area contributed by atoms with Crippen molar-refractivity contribution in [1.29, 1.82) is 0 Å². The van der Waals surface area contributed by atoms with Gasteiger partial charge in [-0.25, -0.2) is 5.43 Å². The second-order valence-electron chi connectivity index (χ2n) is 5.64. The second-order valence-corrected chi connectivity index (χ2v) is 5.64. The molecule has 0 saturated heterocycles. The van der Waals surface area contributed by atoms with Gasteiger partial charge in [0.2, 0.25) is 0 Å². The van der Waals surface area contributed by atoms with Crippen molar-refractivity contribution in [2.24, 2.45) is 5.10 Å². The van der Waals surface area contributed by atoms with E-state index in [4.69, 9.17) is 9.47 Å². The highest BCUT2D eigenvalue weighted by atomic mass is 16.5. The Morgan fingerprint density at radius 2 is 2.00 bits per heavy atom. The van der Waals surface area contributed by atoms with Gasteiger partial charge in [0.15, 0.2) is 0 Å². The number of amides is 1. The van der Waals surface area contributed by atoms with Crippen LogP contribution in [0.1, 0.15) is 41.3 Å². The largest absolute Gasteiger partial charge is 0.496 e. The lowest BCUT2D eigenvalue weighted by Gasteiger charge is -2.09. The number of rotatable bonds is 8. The predicted molar refractivity (Wildman–Crippen MR) is 99.6 cm³/mol. The van der Waals surface area contributed by atoms with Gasteiger partial charge < -0.3 is 9.47 Å². The Hall–Kier alpha value is -2.82. The number of methoxy groups -OCH3 is 1. The van der Waals surface area contributed by atoms with Crippen LogP contribution in [0.15, 0.2) is 47.6 Å². The summed E-state index contributed by atoms with van der Waals surface area (Å²) in [4.78, 5) is 12.3. The Labute approximate surface area is 148 Å². The van der Waals surface area contributed by atoms with Crippen LogP contribution in [0.25, 0.3) is 0 Å². The first kappa shape index (κ1) is 18.5. The van der Waals surface area contributed by atoms with Gasteiger partial charge in [0.1, 0.15) is 11.5 Å². The number of carbonyl (C=O) groups is 1. The molecule has 0 aliphatic carbocycles. The van der Waals surface area contributed by atoms with Gasteiger partial charge in [-0.2, -0.15) is 5.10 Å². The Morgan fingerprint density at radius 3 is 2.76 bits per heavy atom. The van der Waals surface area contributed by atoms with Crippen LogP contribution < -0.4 is 14.9 Å². The first-order valence-corrected chi connectivity index (χ1v) is 8.35. The molecule has 1 amide bonds. The molecule has 0 aromatic heterocycles. The molecule has 1 N–H and O–H groups in total. The van der Waals surface area contributed by atoms with E-state index in [9.17, 15) is 4.79 Å². The summed E-state index contributed by atoms with van der Waals surface area (Å²) in [6.07, 6.45) is 3.65. The molecule has 0 unspecified atom stereocenters. The number of para-hydroxylation sites is 1. The van der Waals surface area contributed by atoms with Gasteiger partial charge in [0, 0.05) is 5.56 Å². The quantitative estimate of drug-likeness (QED) is 0.450. The fourth-order valence-corrected chi connectivity index (χ4v) is 2.25. The third-order valence-corrected chi connectivity index (χ3v) is 3.65. The van der Waals surface area contributed by atoms with Crippen LogP contribution in [-0.2, 0) is 0 Å². The second kappa shape index (κ2) is 9.47. The molecule has 2 aromatic carbocycles. The highest BCUT2D eigenvalue weighted by Gasteiger charge is 2.11. The molecule has 0 fully saturated rings. The molecule has 0 aliphatic rings. The van der Waals surface area contributed by atoms with Gasteiger partial charge >= 0.3 is 0 Å². The van der Waals surface area contributed by atoms with E-state index < -0.39 is 0 Å². The number of benzene rings is 2. The average molecular weight is 340 g/mol. The van der Waals surface area contributed by atoms with Gasteiger partial charge in [-0.1, -0.05) is 31.5 Å². The van der Waals surface area contributed by atoms with E-state index in [0.717, 1.165) is 29.7 Å². The molecule has 2 rings (SSSR count). The Bertz CT molecular complexity index is 741. The number of nitrogens with one attached hydrogen (secondary N) is 1. The summed E-state index contributed by atoms with van der Waals surface area (Å²) in [6, 6.07) is 13.0. The van der Waals surface area contributed by atoms with Crippen molar-refractivity contribution in [3.8, 4) is 11.5 Å². The van der Waals surface area contributed by atoms with E-state index in [2.05, 4.69) is 17.5 Å². The summed E-state index contributed by atoms with van der Waals surface area (Å²) in [5, 5.41) is 4.04. The smallest absolute Gasteiger partial charge is 0.275 e. The first-order chi connectivity index (χ1) is 12.2. The maximum Gasteiger partial charge on any atom is 0.275 e. The molecule has 0 atom stereocenters. The first-order valence-electron chi connectivity index (χ1n) is 8.35. The molecule has 0 bridgehead atoms. The average Bonchev–Trinajstić information content (AvgIpc) is 2.62. The van der Waals surface area contributed by atoms with Crippen molar-refractivity contribution in [2.75, 3.05) is 13.7 Å². The summed E-state index contributed by atoms with van der Waals surface area (Å²) in [7, 11) is 1.54. The molecule has 5 heteroatoms. The molecule has 0 spiro atoms. The lowest BCUT2D eigenvalue weighted by Crippen LogP contribution is -2.18. The maximum absolute atomic E-state index is 12.3. The minimum absolute atomic E-state index is 0.322. The van der Waals surface area contributed by atoms with E-state index >= 15 is 0 Å². The summed E-state index contributed by atoms with van der Waals surface area (Å²) in [5.41, 5.74) is 4.81. The minimum Gasteiger partial charge on any atom is -0.496 e. The zero-order valence-electron chi connectivity index (χ0n) is 14.9. The molecule has 25 heavy (non-hydrogen) atoms. The standard InChI is InChI=1S/C20H24N2O3/c1-4-5-12-25-18-9-7-6-8-16(18)14-21-22-20(23)17-11-10-15(2)13-19(17)24-3/h6-11,13-14H,4-5,12H2,1-3H3,(H,22,23). The van der Waals surface area contributed by atoms with Crippen molar-refractivity contribution in [2.45, 2.75) is 26.7 Å². The van der Waals surface area contributed by atoms with Gasteiger partial charge in [0.25, 0.3) is 5.91 Å². The fourth-order valence-electron chi connectivity index (χ4n) is 2.25. The molecule has 0 radical (unpaired) electrons. The topological polar surface area (TPSA) is 59.9 Å². The van der Waals surface area contributed by atoms with E-state index in [-0.39, 0.29) is 5.91 Å². The molecule has 2 aromatic rings. The third-order valence-electron chi connectivity index (χ3n) is 3.65. The monoisotopic (exact) mass is 340 g/mol. The lowest BCUT2D eigenvalue weighted by molar-refractivity contribution is 0.0952. The van der Waals surface area contributed by atoms with E-state index in [0.29, 0.717) is 17.9 Å². The molecular formula is C20H24N2O3. The zero-order valence-corrected chi connectivity index (χ0v) is 14.9. The Kier molecular flexibility index (Phi) is 7.01. The number of nitrogens with zero attached hydrogens (tertiary/aromatic N) is 1. The van der Waals surface area contributed by atoms with Crippen LogP contribution in [0.5, 0.6) is 11.5 Å². The number of unbranched alkanes of at least 4 members (excludes halogenated alkanes) is 1. The predicted octanol–water partition coefficient (Wildman–Crippen LogP) is 3.95. The van der Waals surface area contributed by atoms with Crippen molar-refractivity contribution >= 4 is 12.1 Å². The maximum atomic E-state index is 12.3. The highest BCUT2D eigenvalue weighted by Crippen LogP contribution is 2.20. The van der Waals surface area contributed by atoms with Crippen molar-refractivity contribution in [3.05, 3.63) is 59.2 Å². The number of hydrazone groups is 1. The van der Waals surface area contributed by atoms with Crippen molar-refractivity contribution in [3.63, 3.8) is 0 Å². The van der Waals surface area contributed by atoms with E-state index in [1.54, 1.807) is 19.4 Å². The molecule has 0 saturated carbocycles. The zero-order chi connectivity index (χ0) is 18.1. The van der Waals surface area contributed by atoms with Crippen LogP contribution in [0.4, 0.5) is 0 Å². The fraction of sp³-hybridized carbons (Fsp3) is 0.300. The van der Waals surface area contributed by atoms with Crippen LogP contribution in [0.3, 0.4) is 0 Å². The normalized spacial score (nSPS) is 10.7. The highest BCUT2D eigenvalue weighted by molar-refractivity contribution is 5.97. The minimum atomic E-state index is -0.322. The van der Waals surface area contributed by atoms with E-state index in [1.165, 1.54) is 0 Å². The van der Waals surface area contributed by atoms with Crippen LogP contribution in [0.2, 0.25) is 0 Å². The van der Waals surface area contributed by atoms with Crippen LogP contribution >= 0.6 is 0 Å². The van der Waals surface area contributed by atoms with Gasteiger partial charge in [0.05, 0.1) is 25.5 Å². The molecule has 132 valence electrons. The molecule has 0 heterocycles. The summed E-state index contributed by atoms with van der Waals surface area (Å²) >= 11 is 0. The third kappa shape index (κ3) is 5.35. The SMILES string of the molecule is CCCCOc1ccccc1C=NNC(=O)c1ccc(C)cc1OC. The number of hydrogen-bond acceptors (Lipinski definition) is 4. The molecule has 0 aliphatic heterocycles. The number of carbonyl (C=O) groups excluding carboxylic acids is 1. The van der Waals surface area contributed by atoms with Gasteiger partial charge in [-0.3, -0.25) is 4.79 Å². The summed E-state index contributed by atoms with van der Waals surface area (Å²) in [5.74, 6) is 0.954. The number of aryl methyl sites for hydroxylation is 1. The van der Waals surface area contributed by atoms with Gasteiger partial charge in [-0.15, -0.1) is 0 Å². The lowest BCUT2D eigenvalue weighted by atomic mass is 10.1. The summed E-state index contributed by atoms with van der Waals surface area (Å²) < 4.78 is 11.0. The van der Waals surface area contributed by atoms with Crippen molar-refractivity contribution < 1.29 is 14.3 Å². The van der Waals surface area contributed by atoms with Crippen LogP contribution in [-0.4, -0.2) is 25.8 Å². The number of hydrogen-bond donors (Lipinski definition) is 1. The number of ether oxygens (including phenoxy) is 2. The molecule has 5 nitrogen and oxygen atoms in total. The Balaban J connectivity index is 2.05. The summed E-state index contributed by atoms with van der Waals surface area (Å²) in [6.45, 7) is 4.72. The van der Waals surface area contributed by atoms with Crippen LogP contribution in [0, 0.1) is 6.92 Å².